The van der Waals surface area contributed by atoms with Crippen LogP contribution >= 0.6 is 0 Å². The summed E-state index contributed by atoms with van der Waals surface area (Å²) in [6, 6.07) is 0. The average molecular weight is 163 g/mol. The second-order valence-corrected chi connectivity index (χ2v) is 0.493. The van der Waals surface area contributed by atoms with E-state index >= 15 is 0 Å². The Morgan fingerprint density at radius 3 is 1.20 bits per heavy atom. The van der Waals surface area contributed by atoms with Gasteiger partial charge in [-0.2, -0.15) is 0 Å². The van der Waals surface area contributed by atoms with Gasteiger partial charge >= 0.3 is 58.4 Å². The Hall–Kier alpha value is 1.44. The van der Waals surface area contributed by atoms with E-state index in [9.17, 15) is 0 Å². The van der Waals surface area contributed by atoms with E-state index in [-0.39, 0.29) is 35.0 Å². The van der Waals surface area contributed by atoms with E-state index < -0.39 is 23.2 Å². The molecule has 5 heavy (non-hydrogen) atoms. The Morgan fingerprint density at radius 2 is 1.20 bits per heavy atom. The van der Waals surface area contributed by atoms with Crippen molar-refractivity contribution in [2.24, 2.45) is 0 Å². The molecule has 0 aliphatic carbocycles. The van der Waals surface area contributed by atoms with Crippen molar-refractivity contribution in [2.45, 2.75) is 0 Å². The van der Waals surface area contributed by atoms with E-state index in [0.717, 1.165) is 0 Å². The fourth-order valence-electron chi connectivity index (χ4n) is 0. The number of hydrogen-bond donors (Lipinski definition) is 0. The maximum absolute atomic E-state index is 8.54. The molecule has 0 fully saturated rings. The summed E-state index contributed by atoms with van der Waals surface area (Å²) in [6.45, 7) is 0. The van der Waals surface area contributed by atoms with E-state index in [0.29, 0.717) is 0 Å². The van der Waals surface area contributed by atoms with Gasteiger partial charge in [0.15, 0.2) is 0 Å². The molecule has 0 bridgehead atoms. The van der Waals surface area contributed by atoms with Gasteiger partial charge in [-0.1, -0.05) is 0 Å². The molecule has 0 atom stereocenters. The third kappa shape index (κ3) is 31.0. The Balaban J connectivity index is -0.0000000200. The molecule has 1 N–H and O–H groups in total. The van der Waals surface area contributed by atoms with Gasteiger partial charge in [0.2, 0.25) is 0 Å². The molecule has 24 valence electrons. The van der Waals surface area contributed by atoms with Gasteiger partial charge < -0.3 is 5.48 Å². The first-order chi connectivity index (χ1) is 1.41. The fraction of sp³-hybridized carbons (Fsp3) is 0. The molecule has 0 heterocycles. The second-order valence-electron chi connectivity index (χ2n) is 0.0833. The van der Waals surface area contributed by atoms with Crippen LogP contribution in [0.1, 0.15) is 0 Å². The zero-order valence-electron chi connectivity index (χ0n) is 2.76. The van der Waals surface area contributed by atoms with Crippen LogP contribution in [-0.2, 0) is 28.9 Å². The summed E-state index contributed by atoms with van der Waals surface area (Å²) in [5, 5.41) is 0. The molecule has 0 saturated heterocycles. The standard InChI is InChI=1S/Na.H2O.2O.Zr/h;1H2;;;/q+1;;;;/p-1. The zero-order valence-corrected chi connectivity index (χ0v) is 7.22. The van der Waals surface area contributed by atoms with Gasteiger partial charge in [-0.15, -0.1) is 0 Å². The van der Waals surface area contributed by atoms with Crippen LogP contribution in [0, 0.1) is 0 Å². The monoisotopic (exact) mass is 162 g/mol. The van der Waals surface area contributed by atoms with Crippen molar-refractivity contribution in [3.63, 3.8) is 0 Å². The van der Waals surface area contributed by atoms with Crippen LogP contribution in [0.15, 0.2) is 0 Å². The molecule has 0 aromatic carbocycles. The van der Waals surface area contributed by atoms with E-state index in [2.05, 4.69) is 0 Å². The van der Waals surface area contributed by atoms with Crippen molar-refractivity contribution < 1.29 is 63.9 Å². The first-order valence-corrected chi connectivity index (χ1v) is 2.42. The van der Waals surface area contributed by atoms with Crippen LogP contribution in [0.3, 0.4) is 0 Å². The number of hydrogen-bond acceptors (Lipinski definition) is 3. The molecule has 0 unspecified atom stereocenters. The molecule has 3 nitrogen and oxygen atoms in total. The molecule has 0 saturated carbocycles. The molecule has 0 amide bonds. The molecule has 0 aliphatic rings. The molecular formula is HNaO3Zr. The van der Waals surface area contributed by atoms with Crippen LogP contribution in [-0.4, -0.2) is 5.48 Å². The van der Waals surface area contributed by atoms with Gasteiger partial charge in [-0.25, -0.2) is 0 Å². The van der Waals surface area contributed by atoms with Crippen LogP contribution in [0.2, 0.25) is 0 Å². The Labute approximate surface area is 63.2 Å². The average Bonchev–Trinajstić information content (AvgIpc) is 0.918. The summed E-state index contributed by atoms with van der Waals surface area (Å²) in [4.78, 5) is 0. The molecule has 0 spiro atoms. The van der Waals surface area contributed by atoms with Crippen molar-refractivity contribution >= 4 is 0 Å². The van der Waals surface area contributed by atoms with Gasteiger partial charge in [0.05, 0.1) is 0 Å². The molecule has 0 radical (unpaired) electrons. The first-order valence-electron chi connectivity index (χ1n) is 0.408. The predicted molar refractivity (Wildman–Crippen MR) is 3.31 cm³/mol. The molecule has 0 aliphatic heterocycles. The van der Waals surface area contributed by atoms with E-state index in [1.54, 1.807) is 0 Å². The fourth-order valence-corrected chi connectivity index (χ4v) is 0. The van der Waals surface area contributed by atoms with Crippen LogP contribution in [0.5, 0.6) is 0 Å². The van der Waals surface area contributed by atoms with Crippen molar-refractivity contribution in [1.82, 2.24) is 0 Å². The molecule has 0 aromatic rings. The first kappa shape index (κ1) is 16.1. The SMILES string of the molecule is [Na+].[OH-].[O]=[Zr]=[O]. The summed E-state index contributed by atoms with van der Waals surface area (Å²) in [5.74, 6) is 0. The second kappa shape index (κ2) is 18.0. The van der Waals surface area contributed by atoms with E-state index in [1.807, 2.05) is 0 Å². The maximum atomic E-state index is 8.54. The van der Waals surface area contributed by atoms with Crippen LogP contribution in [0.25, 0.3) is 0 Å². The van der Waals surface area contributed by atoms with Gasteiger partial charge in [-0.05, 0) is 0 Å². The van der Waals surface area contributed by atoms with Crippen molar-refractivity contribution in [3.8, 4) is 0 Å². The molecule has 0 aromatic heterocycles. The van der Waals surface area contributed by atoms with Crippen molar-refractivity contribution in [1.29, 1.82) is 0 Å². The van der Waals surface area contributed by atoms with Crippen molar-refractivity contribution in [3.05, 3.63) is 0 Å². The topological polar surface area (TPSA) is 64.1 Å². The van der Waals surface area contributed by atoms with Crippen molar-refractivity contribution in [2.75, 3.05) is 0 Å². The van der Waals surface area contributed by atoms with Gasteiger partial charge in [0.25, 0.3) is 0 Å². The van der Waals surface area contributed by atoms with Crippen LogP contribution in [0.4, 0.5) is 0 Å². The van der Waals surface area contributed by atoms with Gasteiger partial charge in [-0.3, -0.25) is 0 Å². The van der Waals surface area contributed by atoms with E-state index in [4.69, 9.17) is 5.63 Å². The quantitative estimate of drug-likeness (QED) is 0.349. The predicted octanol–water partition coefficient (Wildman–Crippen LogP) is -3.41. The minimum absolute atomic E-state index is 0. The summed E-state index contributed by atoms with van der Waals surface area (Å²) in [7, 11) is 0. The number of rotatable bonds is 0. The van der Waals surface area contributed by atoms with E-state index in [1.165, 1.54) is 0 Å². The Bertz CT molecular complexity index is 27.9. The van der Waals surface area contributed by atoms with Gasteiger partial charge in [0.1, 0.15) is 0 Å². The summed E-state index contributed by atoms with van der Waals surface area (Å²) in [6.07, 6.45) is 0. The minimum atomic E-state index is -2.27. The summed E-state index contributed by atoms with van der Waals surface area (Å²) < 4.78 is 17.1. The normalized spacial score (nSPS) is 1.60. The Kier molecular flexibility index (Phi) is 58.0. The van der Waals surface area contributed by atoms with Crippen LogP contribution < -0.4 is 29.6 Å². The zero-order chi connectivity index (χ0) is 2.71. The third-order valence-corrected chi connectivity index (χ3v) is 0. The van der Waals surface area contributed by atoms with Gasteiger partial charge in [0, 0.05) is 0 Å². The summed E-state index contributed by atoms with van der Waals surface area (Å²) >= 11 is -2.27. The third-order valence-electron chi connectivity index (χ3n) is 0. The molecule has 0 rings (SSSR count). The summed E-state index contributed by atoms with van der Waals surface area (Å²) in [5.41, 5.74) is 0. The Morgan fingerprint density at radius 1 is 1.20 bits per heavy atom. The molecule has 5 heteroatoms. The molecular weight excluding hydrogens is 162 g/mol.